The lowest BCUT2D eigenvalue weighted by Crippen LogP contribution is -2.44. The van der Waals surface area contributed by atoms with Crippen molar-refractivity contribution in [1.29, 1.82) is 0 Å². The molecule has 110 valence electrons. The Kier molecular flexibility index (Phi) is 6.22. The molecule has 2 amide bonds. The Bertz CT molecular complexity index is 479. The van der Waals surface area contributed by atoms with Crippen molar-refractivity contribution in [2.24, 2.45) is 5.73 Å². The summed E-state index contributed by atoms with van der Waals surface area (Å²) in [5.74, 6) is -1.31. The van der Waals surface area contributed by atoms with Crippen LogP contribution in [0, 0.1) is 0 Å². The van der Waals surface area contributed by atoms with Crippen LogP contribution in [-0.4, -0.2) is 39.5 Å². The Morgan fingerprint density at radius 1 is 1.25 bits per heavy atom. The third kappa shape index (κ3) is 4.35. The number of hydrogen-bond donors (Lipinski definition) is 4. The predicted octanol–water partition coefficient (Wildman–Crippen LogP) is 0.0997. The van der Waals surface area contributed by atoms with Crippen LogP contribution in [-0.2, 0) is 4.79 Å². The van der Waals surface area contributed by atoms with Gasteiger partial charge in [0.05, 0.1) is 12.6 Å². The molecule has 5 N–H and O–H groups in total. The normalized spacial score (nSPS) is 13.8. The first-order valence-electron chi connectivity index (χ1n) is 5.64. The summed E-state index contributed by atoms with van der Waals surface area (Å²) < 4.78 is 0. The fourth-order valence-corrected chi connectivity index (χ4v) is 1.67. The van der Waals surface area contributed by atoms with Gasteiger partial charge in [-0.2, -0.15) is 0 Å². The summed E-state index contributed by atoms with van der Waals surface area (Å²) in [7, 11) is 0. The number of rotatable bonds is 6. The van der Waals surface area contributed by atoms with Gasteiger partial charge in [-0.25, -0.2) is 0 Å². The predicted molar refractivity (Wildman–Crippen MR) is 74.4 cm³/mol. The number of halogens is 2. The van der Waals surface area contributed by atoms with Crippen molar-refractivity contribution in [1.82, 2.24) is 5.32 Å². The van der Waals surface area contributed by atoms with E-state index >= 15 is 0 Å². The van der Waals surface area contributed by atoms with Gasteiger partial charge >= 0.3 is 0 Å². The molecule has 1 aromatic rings. The van der Waals surface area contributed by atoms with Crippen LogP contribution in [0.5, 0.6) is 0 Å². The highest BCUT2D eigenvalue weighted by molar-refractivity contribution is 6.53. The molecule has 1 rings (SSSR count). The summed E-state index contributed by atoms with van der Waals surface area (Å²) in [6.07, 6.45) is -1.18. The summed E-state index contributed by atoms with van der Waals surface area (Å²) in [5.41, 5.74) is 5.78. The number of nitrogens with one attached hydrogen (secondary N) is 1. The molecule has 0 aliphatic carbocycles. The Morgan fingerprint density at radius 2 is 1.80 bits per heavy atom. The molecule has 0 radical (unpaired) electrons. The van der Waals surface area contributed by atoms with Crippen LogP contribution in [0.1, 0.15) is 22.0 Å². The molecule has 0 bridgehead atoms. The van der Waals surface area contributed by atoms with Gasteiger partial charge in [0.25, 0.3) is 5.91 Å². The van der Waals surface area contributed by atoms with Crippen LogP contribution in [0.15, 0.2) is 24.3 Å². The second-order valence-corrected chi connectivity index (χ2v) is 5.13. The van der Waals surface area contributed by atoms with Crippen molar-refractivity contribution in [3.05, 3.63) is 35.4 Å². The number of aliphatic hydroxyl groups is 2. The zero-order chi connectivity index (χ0) is 15.3. The molecule has 8 heteroatoms. The average Bonchev–Trinajstić information content (AvgIpc) is 2.43. The number of carbonyl (C=O) groups is 2. The lowest BCUT2D eigenvalue weighted by Gasteiger charge is -2.23. The SMILES string of the molecule is NC(=O)c1ccc([C@@H](O)[C@@H](CO)NC(=O)C(Cl)Cl)cc1. The highest BCUT2D eigenvalue weighted by atomic mass is 35.5. The molecule has 6 nitrogen and oxygen atoms in total. The second-order valence-electron chi connectivity index (χ2n) is 4.03. The lowest BCUT2D eigenvalue weighted by atomic mass is 10.0. The molecule has 0 saturated heterocycles. The molecular weight excluding hydrogens is 307 g/mol. The van der Waals surface area contributed by atoms with Crippen LogP contribution in [0.2, 0.25) is 0 Å². The largest absolute Gasteiger partial charge is 0.394 e. The van der Waals surface area contributed by atoms with E-state index in [4.69, 9.17) is 28.9 Å². The first-order chi connectivity index (χ1) is 9.36. The van der Waals surface area contributed by atoms with Crippen LogP contribution in [0.4, 0.5) is 0 Å². The van der Waals surface area contributed by atoms with E-state index < -0.39 is 35.4 Å². The number of carbonyl (C=O) groups excluding carboxylic acids is 2. The van der Waals surface area contributed by atoms with Gasteiger partial charge in [-0.1, -0.05) is 35.3 Å². The maximum Gasteiger partial charge on any atom is 0.253 e. The molecule has 0 aromatic heterocycles. The van der Waals surface area contributed by atoms with E-state index in [1.807, 2.05) is 0 Å². The number of hydrogen-bond acceptors (Lipinski definition) is 4. The van der Waals surface area contributed by atoms with Gasteiger partial charge in [-0.05, 0) is 17.7 Å². The van der Waals surface area contributed by atoms with Crippen molar-refractivity contribution in [2.75, 3.05) is 6.61 Å². The Labute approximate surface area is 125 Å². The third-order valence-corrected chi connectivity index (χ3v) is 3.04. The fraction of sp³-hybridized carbons (Fsp3) is 0.333. The molecule has 20 heavy (non-hydrogen) atoms. The van der Waals surface area contributed by atoms with E-state index in [0.717, 1.165) is 0 Å². The van der Waals surface area contributed by atoms with Gasteiger partial charge in [-0.3, -0.25) is 9.59 Å². The Hall–Kier alpha value is -1.34. The van der Waals surface area contributed by atoms with Gasteiger partial charge in [0.1, 0.15) is 6.10 Å². The van der Waals surface area contributed by atoms with E-state index in [9.17, 15) is 19.8 Å². The number of amides is 2. The molecule has 0 spiro atoms. The summed E-state index contributed by atoms with van der Waals surface area (Å²) in [4.78, 5) is 21.0. The van der Waals surface area contributed by atoms with Gasteiger partial charge in [0.15, 0.2) is 4.84 Å². The monoisotopic (exact) mass is 320 g/mol. The molecular formula is C12H14Cl2N2O4. The highest BCUT2D eigenvalue weighted by Crippen LogP contribution is 2.18. The number of primary amides is 1. The summed E-state index contributed by atoms with van der Waals surface area (Å²) in [6, 6.07) is 4.84. The minimum absolute atomic E-state index is 0.284. The van der Waals surface area contributed by atoms with Gasteiger partial charge in [0.2, 0.25) is 5.91 Å². The zero-order valence-electron chi connectivity index (χ0n) is 10.3. The standard InChI is InChI=1S/C12H14Cl2N2O4/c13-10(14)12(20)16-8(5-17)9(18)6-1-3-7(4-2-6)11(15)19/h1-4,8-10,17-18H,5H2,(H2,15,19)(H,16,20)/t8-,9-/m1/s1. The molecule has 0 unspecified atom stereocenters. The van der Waals surface area contributed by atoms with Crippen LogP contribution >= 0.6 is 23.2 Å². The summed E-state index contributed by atoms with van der Waals surface area (Å²) >= 11 is 10.7. The van der Waals surface area contributed by atoms with Crippen LogP contribution in [0.25, 0.3) is 0 Å². The average molecular weight is 321 g/mol. The molecule has 0 fully saturated rings. The topological polar surface area (TPSA) is 113 Å². The Morgan fingerprint density at radius 3 is 2.20 bits per heavy atom. The summed E-state index contributed by atoms with van der Waals surface area (Å²) in [5, 5.41) is 21.6. The van der Waals surface area contributed by atoms with Crippen molar-refractivity contribution in [2.45, 2.75) is 17.0 Å². The maximum absolute atomic E-state index is 11.3. The van der Waals surface area contributed by atoms with Gasteiger partial charge < -0.3 is 21.3 Å². The van der Waals surface area contributed by atoms with Gasteiger partial charge in [0, 0.05) is 5.56 Å². The second kappa shape index (κ2) is 7.44. The maximum atomic E-state index is 11.3. The molecule has 0 aliphatic rings. The summed E-state index contributed by atoms with van der Waals surface area (Å²) in [6.45, 7) is -0.509. The first kappa shape index (κ1) is 16.7. The quantitative estimate of drug-likeness (QED) is 0.557. The van der Waals surface area contributed by atoms with Crippen LogP contribution in [0.3, 0.4) is 0 Å². The van der Waals surface area contributed by atoms with Crippen molar-refractivity contribution in [3.63, 3.8) is 0 Å². The number of aliphatic hydroxyl groups excluding tert-OH is 2. The molecule has 0 heterocycles. The smallest absolute Gasteiger partial charge is 0.253 e. The molecule has 2 atom stereocenters. The minimum Gasteiger partial charge on any atom is -0.394 e. The van der Waals surface area contributed by atoms with E-state index in [0.29, 0.717) is 5.56 Å². The van der Waals surface area contributed by atoms with Gasteiger partial charge in [-0.15, -0.1) is 0 Å². The first-order valence-corrected chi connectivity index (χ1v) is 6.51. The highest BCUT2D eigenvalue weighted by Gasteiger charge is 2.24. The van der Waals surface area contributed by atoms with Crippen LogP contribution < -0.4 is 11.1 Å². The minimum atomic E-state index is -1.30. The molecule has 1 aromatic carbocycles. The lowest BCUT2D eigenvalue weighted by molar-refractivity contribution is -0.121. The number of nitrogens with two attached hydrogens (primary N) is 1. The van der Waals surface area contributed by atoms with E-state index in [1.165, 1.54) is 24.3 Å². The number of benzene rings is 1. The van der Waals surface area contributed by atoms with Crippen molar-refractivity contribution < 1.29 is 19.8 Å². The molecule has 0 aliphatic heterocycles. The van der Waals surface area contributed by atoms with Crippen molar-refractivity contribution >= 4 is 35.0 Å². The van der Waals surface area contributed by atoms with Crippen molar-refractivity contribution in [3.8, 4) is 0 Å². The van der Waals surface area contributed by atoms with E-state index in [1.54, 1.807) is 0 Å². The van der Waals surface area contributed by atoms with E-state index in [2.05, 4.69) is 5.32 Å². The fourth-order valence-electron chi connectivity index (χ4n) is 1.55. The van der Waals surface area contributed by atoms with E-state index in [-0.39, 0.29) is 5.56 Å². The third-order valence-electron chi connectivity index (χ3n) is 2.64. The number of alkyl halides is 2. The Balaban J connectivity index is 2.82. The molecule has 0 saturated carbocycles. The zero-order valence-corrected chi connectivity index (χ0v) is 11.8.